The number of quaternary nitrogens is 1. The summed E-state index contributed by atoms with van der Waals surface area (Å²) in [5, 5.41) is 0. The number of rotatable bonds is 54. The lowest BCUT2D eigenvalue weighted by atomic mass is 10.1. The number of nitrogens with zero attached hydrogens (tertiary/aromatic N) is 1. The predicted octanol–water partition coefficient (Wildman–Crippen LogP) is 18.8. The lowest BCUT2D eigenvalue weighted by Gasteiger charge is -2.28. The highest BCUT2D eigenvalue weighted by Crippen LogP contribution is 2.38. The Balaban J connectivity index is 4.30. The van der Waals surface area contributed by atoms with Gasteiger partial charge in [-0.3, -0.25) is 14.2 Å². The Labute approximate surface area is 478 Å². The maximum Gasteiger partial charge on any atom is 0.306 e. The average molecular weight is 1100 g/mol. The minimum absolute atomic E-state index is 0.0484. The molecule has 0 aromatic rings. The van der Waals surface area contributed by atoms with E-state index < -0.39 is 32.5 Å². The molecule has 9 nitrogen and oxygen atoms in total. The van der Waals surface area contributed by atoms with E-state index in [0.717, 1.165) is 109 Å². The summed E-state index contributed by atoms with van der Waals surface area (Å²) in [5.74, 6) is -0.899. The van der Waals surface area contributed by atoms with Gasteiger partial charge >= 0.3 is 11.9 Å². The first-order valence-corrected chi connectivity index (χ1v) is 32.0. The van der Waals surface area contributed by atoms with Gasteiger partial charge in [0.25, 0.3) is 7.82 Å². The van der Waals surface area contributed by atoms with Crippen molar-refractivity contribution in [3.63, 3.8) is 0 Å². The molecule has 0 rings (SSSR count). The molecule has 0 aromatic heterocycles. The fourth-order valence-electron chi connectivity index (χ4n) is 7.65. The van der Waals surface area contributed by atoms with Crippen LogP contribution >= 0.6 is 7.82 Å². The molecule has 0 aliphatic carbocycles. The Hall–Kier alpha value is -4.11. The maximum absolute atomic E-state index is 12.8. The molecular formula is C68H112NO8P. The smallest absolute Gasteiger partial charge is 0.306 e. The zero-order valence-electron chi connectivity index (χ0n) is 50.1. The highest BCUT2D eigenvalue weighted by molar-refractivity contribution is 7.45. The molecule has 0 N–H and O–H groups in total. The number of phosphoric ester groups is 1. The van der Waals surface area contributed by atoms with E-state index in [4.69, 9.17) is 18.5 Å². The van der Waals surface area contributed by atoms with Crippen LogP contribution in [-0.2, 0) is 32.7 Å². The van der Waals surface area contributed by atoms with Gasteiger partial charge in [-0.15, -0.1) is 0 Å². The Kier molecular flexibility index (Phi) is 54.5. The van der Waals surface area contributed by atoms with E-state index in [1.54, 1.807) is 0 Å². The van der Waals surface area contributed by atoms with Crippen molar-refractivity contribution in [1.82, 2.24) is 0 Å². The van der Waals surface area contributed by atoms with E-state index in [9.17, 15) is 19.0 Å². The van der Waals surface area contributed by atoms with E-state index >= 15 is 0 Å². The Morgan fingerprint density at radius 3 is 1.12 bits per heavy atom. The van der Waals surface area contributed by atoms with Gasteiger partial charge in [-0.25, -0.2) is 0 Å². The second-order valence-corrected chi connectivity index (χ2v) is 22.4. The molecule has 2 unspecified atom stereocenters. The first-order valence-electron chi connectivity index (χ1n) is 30.5. The summed E-state index contributed by atoms with van der Waals surface area (Å²) in [6.45, 7) is 4.04. The predicted molar refractivity (Wildman–Crippen MR) is 332 cm³/mol. The number of ether oxygens (including phenoxy) is 2. The largest absolute Gasteiger partial charge is 0.756 e. The van der Waals surface area contributed by atoms with Gasteiger partial charge in [0, 0.05) is 12.8 Å². The number of unbranched alkanes of at least 4 members (excludes halogenated alkanes) is 16. The fourth-order valence-corrected chi connectivity index (χ4v) is 8.38. The van der Waals surface area contributed by atoms with Crippen LogP contribution in [0.15, 0.2) is 146 Å². The third-order valence-corrected chi connectivity index (χ3v) is 13.3. The molecule has 0 radical (unpaired) electrons. The number of phosphoric acid groups is 1. The summed E-state index contributed by atoms with van der Waals surface area (Å²) >= 11 is 0. The number of hydrogen-bond donors (Lipinski definition) is 0. The molecule has 0 aliphatic heterocycles. The monoisotopic (exact) mass is 1100 g/mol. The van der Waals surface area contributed by atoms with Crippen LogP contribution in [0.2, 0.25) is 0 Å². The Bertz CT molecular complexity index is 1820. The second kappa shape index (κ2) is 57.6. The van der Waals surface area contributed by atoms with Crippen molar-refractivity contribution in [3.8, 4) is 0 Å². The minimum atomic E-state index is -4.66. The number of allylic oxidation sites excluding steroid dienone is 24. The first-order chi connectivity index (χ1) is 38.0. The number of hydrogen-bond acceptors (Lipinski definition) is 8. The van der Waals surface area contributed by atoms with Crippen LogP contribution in [0.3, 0.4) is 0 Å². The van der Waals surface area contributed by atoms with Crippen LogP contribution in [-0.4, -0.2) is 70.0 Å². The highest BCUT2D eigenvalue weighted by Gasteiger charge is 2.21. The third kappa shape index (κ3) is 61.1. The van der Waals surface area contributed by atoms with Crippen LogP contribution in [0.1, 0.15) is 219 Å². The van der Waals surface area contributed by atoms with Crippen LogP contribution in [0.5, 0.6) is 0 Å². The molecule has 0 saturated heterocycles. The molecule has 0 fully saturated rings. The van der Waals surface area contributed by atoms with Crippen molar-refractivity contribution in [1.29, 1.82) is 0 Å². The van der Waals surface area contributed by atoms with Gasteiger partial charge in [0.2, 0.25) is 0 Å². The first kappa shape index (κ1) is 73.9. The van der Waals surface area contributed by atoms with Crippen LogP contribution in [0.4, 0.5) is 0 Å². The average Bonchev–Trinajstić information content (AvgIpc) is 3.41. The quantitative estimate of drug-likeness (QED) is 0.0195. The molecule has 0 spiro atoms. The van der Waals surface area contributed by atoms with Gasteiger partial charge in [0.05, 0.1) is 27.7 Å². The Morgan fingerprint density at radius 1 is 0.410 bits per heavy atom. The van der Waals surface area contributed by atoms with Gasteiger partial charge in [0.15, 0.2) is 6.10 Å². The van der Waals surface area contributed by atoms with Crippen molar-refractivity contribution in [2.75, 3.05) is 47.5 Å². The zero-order valence-corrected chi connectivity index (χ0v) is 50.9. The van der Waals surface area contributed by atoms with Crippen molar-refractivity contribution >= 4 is 19.8 Å². The highest BCUT2D eigenvalue weighted by atomic mass is 31.2. The van der Waals surface area contributed by atoms with E-state index in [1.807, 2.05) is 21.1 Å². The molecule has 0 aromatic carbocycles. The zero-order chi connectivity index (χ0) is 57.0. The summed E-state index contributed by atoms with van der Waals surface area (Å²) in [6, 6.07) is 0. The lowest BCUT2D eigenvalue weighted by Crippen LogP contribution is -2.37. The SMILES string of the molecule is CC/C=C\C/C=C\C/C=C\C/C=C\C/C=C\C/C=C\C/C=C\C/C=C\C/C=C\C/C=C\CCCCC(=O)OC(COC(=O)CCCCCCCCCCC/C=C\C/C=C\CCCCCCC)COP(=O)([O-])OCC[N+](C)(C)C. The van der Waals surface area contributed by atoms with Crippen molar-refractivity contribution in [2.45, 2.75) is 225 Å². The van der Waals surface area contributed by atoms with Gasteiger partial charge in [0.1, 0.15) is 19.8 Å². The normalized spacial score (nSPS) is 14.3. The van der Waals surface area contributed by atoms with Gasteiger partial charge in [-0.1, -0.05) is 230 Å². The molecule has 10 heteroatoms. The van der Waals surface area contributed by atoms with E-state index in [2.05, 4.69) is 160 Å². The molecule has 2 atom stereocenters. The molecule has 0 saturated carbocycles. The standard InChI is InChI=1S/C68H112NO8P/c1-6-8-10-12-14-16-18-20-22-24-26-28-29-30-31-32-33-34-35-36-37-38-39-41-43-45-47-49-51-53-55-57-59-61-68(71)77-66(65-76-78(72,73)75-63-62-69(3,4)5)64-74-67(70)60-58-56-54-52-50-48-46-44-42-40-27-25-23-21-19-17-15-13-11-9-7-2/h8,10,14,16,19-22,25-28,30-31,33-34,36-37,39,41,45,47,51,53,66H,6-7,9,11-13,15,17-18,23-24,29,32,35,38,40,42-44,46,48-50,52,54-65H2,1-5H3/b10-8-,16-14-,21-19-,22-20-,27-25-,28-26-,31-30-,34-33-,37-36-,41-39-,47-45-,53-51-. The molecular weight excluding hydrogens is 990 g/mol. The van der Waals surface area contributed by atoms with E-state index in [1.165, 1.54) is 70.6 Å². The van der Waals surface area contributed by atoms with Crippen molar-refractivity contribution in [2.24, 2.45) is 0 Å². The van der Waals surface area contributed by atoms with Crippen LogP contribution < -0.4 is 4.89 Å². The van der Waals surface area contributed by atoms with E-state index in [0.29, 0.717) is 23.9 Å². The number of likely N-dealkylation sites (N-methyl/N-ethyl adjacent to an activating group) is 1. The maximum atomic E-state index is 12.8. The number of carbonyl (C=O) groups excluding carboxylic acids is 2. The summed E-state index contributed by atoms with van der Waals surface area (Å²) < 4.78 is 34.1. The third-order valence-electron chi connectivity index (χ3n) is 12.3. The summed E-state index contributed by atoms with van der Waals surface area (Å²) in [7, 11) is 1.11. The van der Waals surface area contributed by atoms with E-state index in [-0.39, 0.29) is 26.1 Å². The molecule has 0 heterocycles. The van der Waals surface area contributed by atoms with Crippen LogP contribution in [0.25, 0.3) is 0 Å². The molecule has 0 bridgehead atoms. The molecule has 0 aliphatic rings. The summed E-state index contributed by atoms with van der Waals surface area (Å²) in [4.78, 5) is 37.9. The van der Waals surface area contributed by atoms with Crippen molar-refractivity contribution < 1.29 is 42.1 Å². The topological polar surface area (TPSA) is 111 Å². The lowest BCUT2D eigenvalue weighted by molar-refractivity contribution is -0.870. The summed E-state index contributed by atoms with van der Waals surface area (Å²) in [6.07, 6.45) is 84.7. The fraction of sp³-hybridized carbons (Fsp3) is 0.618. The number of esters is 2. The molecule has 78 heavy (non-hydrogen) atoms. The molecule has 442 valence electrons. The Morgan fingerprint density at radius 2 is 0.731 bits per heavy atom. The summed E-state index contributed by atoms with van der Waals surface area (Å²) in [5.41, 5.74) is 0. The van der Waals surface area contributed by atoms with Gasteiger partial charge in [-0.05, 0) is 122 Å². The van der Waals surface area contributed by atoms with Gasteiger partial charge in [-0.2, -0.15) is 0 Å². The van der Waals surface area contributed by atoms with Gasteiger partial charge < -0.3 is 27.9 Å². The van der Waals surface area contributed by atoms with Crippen molar-refractivity contribution in [3.05, 3.63) is 146 Å². The molecule has 0 amide bonds. The van der Waals surface area contributed by atoms with Crippen LogP contribution in [0, 0.1) is 0 Å². The minimum Gasteiger partial charge on any atom is -0.756 e. The second-order valence-electron chi connectivity index (χ2n) is 21.0. The number of carbonyl (C=O) groups is 2.